The minimum atomic E-state index is -0.932. The highest BCUT2D eigenvalue weighted by atomic mass is 16.4. The summed E-state index contributed by atoms with van der Waals surface area (Å²) < 4.78 is 1.77. The van der Waals surface area contributed by atoms with Gasteiger partial charge >= 0.3 is 5.97 Å². The lowest BCUT2D eigenvalue weighted by atomic mass is 10.3. The van der Waals surface area contributed by atoms with Crippen LogP contribution in [0.25, 0.3) is 0 Å². The minimum absolute atomic E-state index is 0.178. The molecule has 2 heterocycles. The first-order valence-corrected chi connectivity index (χ1v) is 3.57. The van der Waals surface area contributed by atoms with Crippen molar-refractivity contribution < 1.29 is 9.90 Å². The maximum absolute atomic E-state index is 10.5. The van der Waals surface area contributed by atoms with Crippen molar-refractivity contribution in [1.82, 2.24) is 9.55 Å². The summed E-state index contributed by atoms with van der Waals surface area (Å²) in [5.41, 5.74) is 1.04. The Hall–Kier alpha value is -1.32. The van der Waals surface area contributed by atoms with E-state index in [1.807, 2.05) is 0 Å². The Morgan fingerprint density at radius 3 is 3.27 bits per heavy atom. The number of hydrogen-bond donors (Lipinski definition) is 1. The van der Waals surface area contributed by atoms with Crippen LogP contribution in [-0.2, 0) is 13.0 Å². The molecule has 0 aromatic carbocycles. The molecular formula is C7H8N2O2. The first kappa shape index (κ1) is 6.39. The van der Waals surface area contributed by atoms with Gasteiger partial charge in [-0.1, -0.05) is 0 Å². The van der Waals surface area contributed by atoms with Gasteiger partial charge in [0.15, 0.2) is 0 Å². The molecule has 0 saturated carbocycles. The molecule has 0 atom stereocenters. The standard InChI is InChI=1S/C7H8N2O2/c10-7(11)6-8-4-5-2-1-3-9(5)6/h4H,1-3H2,(H,10,11). The number of fused-ring (bicyclic) bond motifs is 1. The highest BCUT2D eigenvalue weighted by Crippen LogP contribution is 2.15. The molecule has 0 spiro atoms. The fourth-order valence-electron chi connectivity index (χ4n) is 1.45. The maximum atomic E-state index is 10.5. The van der Waals surface area contributed by atoms with E-state index in [-0.39, 0.29) is 5.82 Å². The molecule has 0 fully saturated rings. The number of carbonyl (C=O) groups is 1. The molecule has 4 heteroatoms. The van der Waals surface area contributed by atoms with Crippen molar-refractivity contribution in [3.05, 3.63) is 17.7 Å². The lowest BCUT2D eigenvalue weighted by Gasteiger charge is -1.96. The summed E-state index contributed by atoms with van der Waals surface area (Å²) in [6, 6.07) is 0. The summed E-state index contributed by atoms with van der Waals surface area (Å²) in [4.78, 5) is 14.3. The fourth-order valence-corrected chi connectivity index (χ4v) is 1.45. The third kappa shape index (κ3) is 0.824. The van der Waals surface area contributed by atoms with Crippen LogP contribution in [0.5, 0.6) is 0 Å². The molecule has 1 aliphatic rings. The molecule has 0 unspecified atom stereocenters. The molecule has 11 heavy (non-hydrogen) atoms. The summed E-state index contributed by atoms with van der Waals surface area (Å²) >= 11 is 0. The van der Waals surface area contributed by atoms with E-state index in [2.05, 4.69) is 4.98 Å². The molecule has 1 aliphatic heterocycles. The number of aromatic nitrogens is 2. The molecule has 1 aromatic rings. The second kappa shape index (κ2) is 2.08. The zero-order valence-electron chi connectivity index (χ0n) is 5.95. The molecule has 0 aliphatic carbocycles. The molecule has 2 rings (SSSR count). The van der Waals surface area contributed by atoms with E-state index in [0.717, 1.165) is 25.1 Å². The van der Waals surface area contributed by atoms with Gasteiger partial charge in [0.2, 0.25) is 5.82 Å². The van der Waals surface area contributed by atoms with Gasteiger partial charge in [-0.3, -0.25) is 0 Å². The zero-order valence-corrected chi connectivity index (χ0v) is 5.95. The van der Waals surface area contributed by atoms with Crippen molar-refractivity contribution in [3.8, 4) is 0 Å². The molecule has 4 nitrogen and oxygen atoms in total. The Bertz CT molecular complexity index is 303. The number of imidazole rings is 1. The first-order chi connectivity index (χ1) is 5.29. The molecule has 58 valence electrons. The van der Waals surface area contributed by atoms with E-state index in [1.165, 1.54) is 0 Å². The molecular weight excluding hydrogens is 144 g/mol. The number of nitrogens with zero attached hydrogens (tertiary/aromatic N) is 2. The fraction of sp³-hybridized carbons (Fsp3) is 0.429. The smallest absolute Gasteiger partial charge is 0.372 e. The van der Waals surface area contributed by atoms with Crippen LogP contribution in [0.1, 0.15) is 22.7 Å². The first-order valence-electron chi connectivity index (χ1n) is 3.57. The second-order valence-corrected chi connectivity index (χ2v) is 2.63. The third-order valence-electron chi connectivity index (χ3n) is 1.94. The van der Waals surface area contributed by atoms with Gasteiger partial charge in [0.05, 0.1) is 0 Å². The van der Waals surface area contributed by atoms with Crippen molar-refractivity contribution in [2.75, 3.05) is 0 Å². The molecule has 0 bridgehead atoms. The van der Waals surface area contributed by atoms with Crippen molar-refractivity contribution in [1.29, 1.82) is 0 Å². The summed E-state index contributed by atoms with van der Waals surface area (Å²) in [5.74, 6) is -0.754. The molecule has 1 aromatic heterocycles. The number of rotatable bonds is 1. The van der Waals surface area contributed by atoms with Crippen LogP contribution < -0.4 is 0 Å². The lowest BCUT2D eigenvalue weighted by molar-refractivity contribution is 0.0678. The van der Waals surface area contributed by atoms with E-state index in [0.29, 0.717) is 0 Å². The van der Waals surface area contributed by atoms with Gasteiger partial charge in [-0.25, -0.2) is 9.78 Å². The van der Waals surface area contributed by atoms with E-state index in [4.69, 9.17) is 5.11 Å². The topological polar surface area (TPSA) is 55.1 Å². The van der Waals surface area contributed by atoms with E-state index >= 15 is 0 Å². The SMILES string of the molecule is O=C(O)c1ncc2n1CCC2. The van der Waals surface area contributed by atoms with Crippen LogP contribution in [0.4, 0.5) is 0 Å². The van der Waals surface area contributed by atoms with Gasteiger partial charge in [0.25, 0.3) is 0 Å². The van der Waals surface area contributed by atoms with Gasteiger partial charge in [-0.05, 0) is 12.8 Å². The van der Waals surface area contributed by atoms with Crippen LogP contribution in [0.15, 0.2) is 6.20 Å². The average Bonchev–Trinajstić information content (AvgIpc) is 2.41. The molecule has 0 saturated heterocycles. The van der Waals surface area contributed by atoms with Crippen molar-refractivity contribution >= 4 is 5.97 Å². The predicted octanol–water partition coefficient (Wildman–Crippen LogP) is 0.527. The Labute approximate surface area is 63.5 Å². The van der Waals surface area contributed by atoms with Crippen LogP contribution in [0, 0.1) is 0 Å². The Morgan fingerprint density at radius 1 is 1.73 bits per heavy atom. The van der Waals surface area contributed by atoms with Crippen molar-refractivity contribution in [2.24, 2.45) is 0 Å². The lowest BCUT2D eigenvalue weighted by Crippen LogP contribution is -2.07. The van der Waals surface area contributed by atoms with E-state index in [1.54, 1.807) is 10.8 Å². The van der Waals surface area contributed by atoms with Crippen LogP contribution in [-0.4, -0.2) is 20.6 Å². The van der Waals surface area contributed by atoms with Gasteiger partial charge < -0.3 is 9.67 Å². The van der Waals surface area contributed by atoms with E-state index in [9.17, 15) is 4.79 Å². The number of carboxylic acid groups (broad SMARTS) is 1. The average molecular weight is 152 g/mol. The Morgan fingerprint density at radius 2 is 2.55 bits per heavy atom. The Balaban J connectivity index is 2.50. The second-order valence-electron chi connectivity index (χ2n) is 2.63. The van der Waals surface area contributed by atoms with Gasteiger partial charge in [0, 0.05) is 18.4 Å². The highest BCUT2D eigenvalue weighted by molar-refractivity contribution is 5.83. The minimum Gasteiger partial charge on any atom is -0.475 e. The number of aromatic carboxylic acids is 1. The summed E-state index contributed by atoms with van der Waals surface area (Å²) in [5, 5.41) is 8.65. The van der Waals surface area contributed by atoms with Crippen LogP contribution in [0.3, 0.4) is 0 Å². The van der Waals surface area contributed by atoms with Gasteiger partial charge in [-0.2, -0.15) is 0 Å². The summed E-state index contributed by atoms with van der Waals surface area (Å²) in [7, 11) is 0. The predicted molar refractivity (Wildman–Crippen MR) is 37.5 cm³/mol. The number of carboxylic acids is 1. The molecule has 0 radical (unpaired) electrons. The van der Waals surface area contributed by atoms with E-state index < -0.39 is 5.97 Å². The highest BCUT2D eigenvalue weighted by Gasteiger charge is 2.19. The largest absolute Gasteiger partial charge is 0.475 e. The van der Waals surface area contributed by atoms with Gasteiger partial charge in [0.1, 0.15) is 0 Å². The summed E-state index contributed by atoms with van der Waals surface area (Å²) in [6.07, 6.45) is 3.65. The molecule has 0 amide bonds. The van der Waals surface area contributed by atoms with Gasteiger partial charge in [-0.15, -0.1) is 0 Å². The zero-order chi connectivity index (χ0) is 7.84. The summed E-state index contributed by atoms with van der Waals surface area (Å²) in [6.45, 7) is 0.803. The van der Waals surface area contributed by atoms with Crippen LogP contribution >= 0.6 is 0 Å². The normalized spacial score (nSPS) is 14.9. The number of aryl methyl sites for hydroxylation is 1. The Kier molecular flexibility index (Phi) is 1.21. The third-order valence-corrected chi connectivity index (χ3v) is 1.94. The monoisotopic (exact) mass is 152 g/mol. The van der Waals surface area contributed by atoms with Crippen molar-refractivity contribution in [3.63, 3.8) is 0 Å². The van der Waals surface area contributed by atoms with Crippen LogP contribution in [0.2, 0.25) is 0 Å². The quantitative estimate of drug-likeness (QED) is 0.638. The molecule has 1 N–H and O–H groups in total. The number of hydrogen-bond acceptors (Lipinski definition) is 2. The maximum Gasteiger partial charge on any atom is 0.372 e. The van der Waals surface area contributed by atoms with Crippen molar-refractivity contribution in [2.45, 2.75) is 19.4 Å².